The molecule has 0 aliphatic heterocycles. The molecule has 0 aliphatic carbocycles. The Kier molecular flexibility index (Phi) is 6.87. The molecule has 3 aromatic rings. The number of halogens is 6. The highest BCUT2D eigenvalue weighted by Crippen LogP contribution is 2.40. The first kappa shape index (κ1) is 21.4. The Balaban J connectivity index is 2.13. The second-order valence-electron chi connectivity index (χ2n) is 5.47. The number of anilines is 2. The Bertz CT molecular complexity index is 1010. The van der Waals surface area contributed by atoms with Crippen LogP contribution in [0.15, 0.2) is 54.6 Å². The largest absolute Gasteiger partial charge is 0.424 e. The molecule has 0 N–H and O–H groups in total. The lowest BCUT2D eigenvalue weighted by Crippen LogP contribution is -2.29. The van der Waals surface area contributed by atoms with Crippen LogP contribution in [-0.4, -0.2) is 6.09 Å². The summed E-state index contributed by atoms with van der Waals surface area (Å²) in [6.07, 6.45) is -0.836. The molecule has 0 saturated heterocycles. The second kappa shape index (κ2) is 9.00. The lowest BCUT2D eigenvalue weighted by molar-refractivity contribution is 0.210. The van der Waals surface area contributed by atoms with Crippen molar-refractivity contribution in [3.63, 3.8) is 0 Å². The fourth-order valence-electron chi connectivity index (χ4n) is 2.34. The molecule has 0 heterocycles. The van der Waals surface area contributed by atoms with E-state index in [9.17, 15) is 4.79 Å². The van der Waals surface area contributed by atoms with Crippen LogP contribution >= 0.6 is 69.6 Å². The van der Waals surface area contributed by atoms with Gasteiger partial charge in [-0.1, -0.05) is 69.6 Å². The lowest BCUT2D eigenvalue weighted by atomic mass is 10.2. The van der Waals surface area contributed by atoms with Crippen molar-refractivity contribution in [2.45, 2.75) is 0 Å². The summed E-state index contributed by atoms with van der Waals surface area (Å²) in [5, 5.41) is 1.75. The first-order valence-corrected chi connectivity index (χ1v) is 9.90. The van der Waals surface area contributed by atoms with E-state index in [0.717, 1.165) is 4.90 Å². The van der Waals surface area contributed by atoms with Gasteiger partial charge in [0.15, 0.2) is 5.75 Å². The molecule has 9 heteroatoms. The normalized spacial score (nSPS) is 10.6. The number of carbonyl (C=O) groups excluding carboxylic acids is 1. The van der Waals surface area contributed by atoms with Crippen LogP contribution in [0.3, 0.4) is 0 Å². The molecule has 0 aromatic heterocycles. The third-order valence-electron chi connectivity index (χ3n) is 3.57. The van der Waals surface area contributed by atoms with Crippen molar-refractivity contribution in [3.05, 3.63) is 84.7 Å². The van der Waals surface area contributed by atoms with Gasteiger partial charge in [0, 0.05) is 21.1 Å². The monoisotopic (exact) mass is 493 g/mol. The van der Waals surface area contributed by atoms with Gasteiger partial charge in [0.2, 0.25) is 0 Å². The summed E-state index contributed by atoms with van der Waals surface area (Å²) >= 11 is 36.9. The lowest BCUT2D eigenvalue weighted by Gasteiger charge is -2.24. The second-order valence-corrected chi connectivity index (χ2v) is 8.00. The molecule has 0 bridgehead atoms. The number of ether oxygens (including phenoxy) is 1. The van der Waals surface area contributed by atoms with Gasteiger partial charge in [0.1, 0.15) is 0 Å². The predicted molar refractivity (Wildman–Crippen MR) is 118 cm³/mol. The quantitative estimate of drug-likeness (QED) is 0.363. The minimum Gasteiger partial charge on any atom is -0.408 e. The molecule has 0 unspecified atom stereocenters. The molecule has 0 fully saturated rings. The molecule has 0 radical (unpaired) electrons. The number of hydrogen-bond acceptors (Lipinski definition) is 2. The Morgan fingerprint density at radius 1 is 0.643 bits per heavy atom. The number of nitrogens with zero attached hydrogens (tertiary/aromatic N) is 1. The summed E-state index contributed by atoms with van der Waals surface area (Å²) in [7, 11) is 0. The first-order chi connectivity index (χ1) is 13.3. The number of amides is 1. The molecule has 0 atom stereocenters. The van der Waals surface area contributed by atoms with Crippen molar-refractivity contribution in [3.8, 4) is 5.75 Å². The smallest absolute Gasteiger partial charge is 0.408 e. The van der Waals surface area contributed by atoms with Crippen LogP contribution in [0, 0.1) is 0 Å². The van der Waals surface area contributed by atoms with E-state index in [2.05, 4.69) is 0 Å². The zero-order valence-electron chi connectivity index (χ0n) is 13.7. The van der Waals surface area contributed by atoms with Gasteiger partial charge in [-0.3, -0.25) is 0 Å². The minimum absolute atomic E-state index is 0.0699. The number of benzene rings is 3. The third-order valence-corrected chi connectivity index (χ3v) is 5.23. The van der Waals surface area contributed by atoms with Gasteiger partial charge in [-0.05, 0) is 48.5 Å². The molecule has 3 rings (SSSR count). The average molecular weight is 496 g/mol. The summed E-state index contributed by atoms with van der Waals surface area (Å²) in [6, 6.07) is 13.8. The van der Waals surface area contributed by atoms with Crippen molar-refractivity contribution in [1.29, 1.82) is 0 Å². The fourth-order valence-corrected chi connectivity index (χ4v) is 3.39. The van der Waals surface area contributed by atoms with Gasteiger partial charge >= 0.3 is 6.09 Å². The molecule has 3 aromatic carbocycles. The SMILES string of the molecule is O=C(Oc1cc(Cl)ccc1Cl)N(c1cc(Cl)ccc1Cl)c1cc(Cl)ccc1Cl. The van der Waals surface area contributed by atoms with Gasteiger partial charge < -0.3 is 4.74 Å². The highest BCUT2D eigenvalue weighted by Gasteiger charge is 2.26. The average Bonchev–Trinajstić information content (AvgIpc) is 2.64. The standard InChI is InChI=1S/C19H9Cl6NO2/c20-10-1-4-13(23)16(7-10)26(17-8-11(21)2-5-14(17)24)19(27)28-18-9-12(22)3-6-15(18)25/h1-9H. The highest BCUT2D eigenvalue weighted by molar-refractivity contribution is 6.38. The number of rotatable bonds is 3. The van der Waals surface area contributed by atoms with Crippen molar-refractivity contribution in [2.75, 3.05) is 4.90 Å². The third kappa shape index (κ3) is 4.80. The Labute approximate surface area is 191 Å². The van der Waals surface area contributed by atoms with Crippen molar-refractivity contribution in [1.82, 2.24) is 0 Å². The molecule has 0 spiro atoms. The molecule has 144 valence electrons. The summed E-state index contributed by atoms with van der Waals surface area (Å²) in [5.74, 6) is 0.0699. The first-order valence-electron chi connectivity index (χ1n) is 7.63. The summed E-state index contributed by atoms with van der Waals surface area (Å²) < 4.78 is 5.45. The predicted octanol–water partition coefficient (Wildman–Crippen LogP) is 8.94. The Morgan fingerprint density at radius 3 is 1.57 bits per heavy atom. The van der Waals surface area contributed by atoms with E-state index in [1.54, 1.807) is 30.3 Å². The van der Waals surface area contributed by atoms with Crippen LogP contribution in [0.2, 0.25) is 30.1 Å². The van der Waals surface area contributed by atoms with Crippen LogP contribution in [0.5, 0.6) is 5.75 Å². The van der Waals surface area contributed by atoms with E-state index in [1.165, 1.54) is 24.3 Å². The minimum atomic E-state index is -0.836. The van der Waals surface area contributed by atoms with Gasteiger partial charge in [0.25, 0.3) is 0 Å². The molecule has 28 heavy (non-hydrogen) atoms. The molecule has 1 amide bonds. The zero-order chi connectivity index (χ0) is 20.4. The summed E-state index contributed by atoms with van der Waals surface area (Å²) in [4.78, 5) is 14.3. The molecule has 3 nitrogen and oxygen atoms in total. The zero-order valence-corrected chi connectivity index (χ0v) is 18.3. The fraction of sp³-hybridized carbons (Fsp3) is 0. The van der Waals surface area contributed by atoms with Crippen molar-refractivity contribution in [2.24, 2.45) is 0 Å². The molecular weight excluding hydrogens is 487 g/mol. The summed E-state index contributed by atoms with van der Waals surface area (Å²) in [5.41, 5.74) is 0.503. The van der Waals surface area contributed by atoms with E-state index in [4.69, 9.17) is 74.3 Å². The van der Waals surface area contributed by atoms with E-state index in [-0.39, 0.29) is 32.2 Å². The van der Waals surface area contributed by atoms with E-state index >= 15 is 0 Å². The van der Waals surface area contributed by atoms with Gasteiger partial charge in [-0.2, -0.15) is 0 Å². The van der Waals surface area contributed by atoms with Gasteiger partial charge in [-0.15, -0.1) is 0 Å². The van der Waals surface area contributed by atoms with Crippen LogP contribution < -0.4 is 9.64 Å². The highest BCUT2D eigenvalue weighted by atomic mass is 35.5. The molecule has 0 saturated carbocycles. The van der Waals surface area contributed by atoms with Gasteiger partial charge in [-0.25, -0.2) is 9.69 Å². The van der Waals surface area contributed by atoms with Crippen LogP contribution in [0.1, 0.15) is 0 Å². The van der Waals surface area contributed by atoms with Crippen LogP contribution in [0.4, 0.5) is 16.2 Å². The van der Waals surface area contributed by atoms with Crippen LogP contribution in [-0.2, 0) is 0 Å². The maximum Gasteiger partial charge on any atom is 0.424 e. The van der Waals surface area contributed by atoms with Crippen molar-refractivity contribution < 1.29 is 9.53 Å². The van der Waals surface area contributed by atoms with Crippen LogP contribution in [0.25, 0.3) is 0 Å². The molecule has 0 aliphatic rings. The maximum atomic E-state index is 13.1. The number of carbonyl (C=O) groups is 1. The van der Waals surface area contributed by atoms with E-state index in [1.807, 2.05) is 0 Å². The van der Waals surface area contributed by atoms with Gasteiger partial charge in [0.05, 0.1) is 26.4 Å². The number of hydrogen-bond donors (Lipinski definition) is 0. The maximum absolute atomic E-state index is 13.1. The van der Waals surface area contributed by atoms with Crippen molar-refractivity contribution >= 4 is 87.1 Å². The Morgan fingerprint density at radius 2 is 1.07 bits per heavy atom. The van der Waals surface area contributed by atoms with E-state index in [0.29, 0.717) is 15.1 Å². The summed E-state index contributed by atoms with van der Waals surface area (Å²) in [6.45, 7) is 0. The molecular formula is C19H9Cl6NO2. The van der Waals surface area contributed by atoms with E-state index < -0.39 is 6.09 Å². The topological polar surface area (TPSA) is 29.5 Å². The Hall–Kier alpha value is -1.33.